The van der Waals surface area contributed by atoms with E-state index in [2.05, 4.69) is 37.2 Å². The number of nitrogens with zero attached hydrogens (tertiary/aromatic N) is 8. The number of unbranched alkanes of at least 4 members (excludes halogenated alkanes) is 2. The number of pyridine rings is 1. The Labute approximate surface area is 558 Å². The first kappa shape index (κ1) is 76.3. The highest BCUT2D eigenvalue weighted by molar-refractivity contribution is 6.07. The molecule has 1 aromatic heterocycles. The highest BCUT2D eigenvalue weighted by Gasteiger charge is 2.46. The first-order valence-corrected chi connectivity index (χ1v) is 32.6. The van der Waals surface area contributed by atoms with Crippen molar-refractivity contribution in [2.45, 2.75) is 121 Å². The number of halogens is 2. The number of ether oxygens (including phenoxy) is 4. The Bertz CT molecular complexity index is 3160. The fourth-order valence-corrected chi connectivity index (χ4v) is 11.7. The summed E-state index contributed by atoms with van der Waals surface area (Å²) in [7, 11) is 1.17. The van der Waals surface area contributed by atoms with Crippen molar-refractivity contribution in [1.82, 2.24) is 55.7 Å². The van der Waals surface area contributed by atoms with Crippen molar-refractivity contribution in [1.29, 1.82) is 0 Å². The maximum atomic E-state index is 14.5. The standard InChI is InChI=1S/C67H92F2N12O15/c1-5-52-39-67(68,69)43-81(52)61(86)40-72-64(90)54-21-25-71-56-20-19-53(37-55(54)56)96-36-9-7-11-51-22-26-80(27-23-51)66(92)58(38-63(89)93-4)75-65(91)57(13-6-8-24-70-49(3)73-59(84)14-10-12-50-17-15-48(2)16-18-50)74-60(85)41-76-28-29-77(42-62(87)88)31-33-79(45-95-47-83)35-34-78(32-30-76)44-94-46-82/h1,15-21,25,37,46-47,51-52,57-58H,6-14,22-24,26-36,38-45H2,2-4H3,(H,72,90)(H,74,85)(H,75,91)(H,87,88)(H,70,73,84)/t52-,57-,58-/m0/s1. The van der Waals surface area contributed by atoms with Gasteiger partial charge >= 0.3 is 11.9 Å². The molecule has 6 amide bonds. The molecule has 2 aromatic carbocycles. The molecule has 27 nitrogen and oxygen atoms in total. The Kier molecular flexibility index (Phi) is 31.8. The number of rotatable bonds is 34. The van der Waals surface area contributed by atoms with Crippen molar-refractivity contribution in [3.63, 3.8) is 0 Å². The lowest BCUT2D eigenvalue weighted by Crippen LogP contribution is -2.56. The lowest BCUT2D eigenvalue weighted by molar-refractivity contribution is -0.147. The number of alkyl halides is 2. The number of hydrogen-bond acceptors (Lipinski definition) is 20. The van der Waals surface area contributed by atoms with Gasteiger partial charge in [0.25, 0.3) is 24.8 Å². The second-order valence-corrected chi connectivity index (χ2v) is 24.4. The number of aryl methyl sites for hydroxylation is 2. The number of carboxylic acids is 1. The van der Waals surface area contributed by atoms with Gasteiger partial charge in [0.2, 0.25) is 29.5 Å². The number of aliphatic carboxylic acids is 1. The van der Waals surface area contributed by atoms with Gasteiger partial charge in [-0.1, -0.05) is 42.2 Å². The largest absolute Gasteiger partial charge is 0.494 e. The van der Waals surface area contributed by atoms with Crippen LogP contribution in [-0.4, -0.2) is 255 Å². The highest BCUT2D eigenvalue weighted by atomic mass is 19.3. The molecule has 0 aliphatic carbocycles. The number of carbonyl (C=O) groups excluding carboxylic acids is 9. The second kappa shape index (κ2) is 40.0. The summed E-state index contributed by atoms with van der Waals surface area (Å²) >= 11 is 0. The average molecular weight is 1340 g/mol. The van der Waals surface area contributed by atoms with E-state index in [1.54, 1.807) is 39.8 Å². The van der Waals surface area contributed by atoms with Gasteiger partial charge < -0.3 is 55.1 Å². The number of nitrogens with one attached hydrogen (secondary N) is 4. The molecule has 3 saturated heterocycles. The minimum atomic E-state index is -3.12. The number of hydrogen-bond donors (Lipinski definition) is 5. The third kappa shape index (κ3) is 26.5. The lowest BCUT2D eigenvalue weighted by atomic mass is 9.91. The molecule has 6 rings (SSSR count). The van der Waals surface area contributed by atoms with Crippen LogP contribution < -0.4 is 26.0 Å². The number of benzene rings is 2. The molecule has 0 unspecified atom stereocenters. The van der Waals surface area contributed by atoms with Crippen molar-refractivity contribution in [2.75, 3.05) is 125 Å². The molecule has 0 saturated carbocycles. The number of esters is 1. The normalized spacial score (nSPS) is 17.7. The molecular formula is C67H92F2N12O15. The second-order valence-electron chi connectivity index (χ2n) is 24.4. The van der Waals surface area contributed by atoms with E-state index in [4.69, 9.17) is 25.4 Å². The first-order valence-electron chi connectivity index (χ1n) is 32.6. The van der Waals surface area contributed by atoms with Crippen molar-refractivity contribution < 1.29 is 80.8 Å². The van der Waals surface area contributed by atoms with Crippen LogP contribution in [0.2, 0.25) is 0 Å². The monoisotopic (exact) mass is 1340 g/mol. The number of fused-ring (bicyclic) bond motifs is 1. The molecule has 3 fully saturated rings. The zero-order chi connectivity index (χ0) is 69.4. The number of amidine groups is 1. The number of carboxylic acid groups (broad SMARTS) is 1. The summed E-state index contributed by atoms with van der Waals surface area (Å²) in [4.78, 5) is 148. The number of carbonyl (C=O) groups is 10. The van der Waals surface area contributed by atoms with Gasteiger partial charge in [0.1, 0.15) is 31.3 Å². The van der Waals surface area contributed by atoms with E-state index in [0.717, 1.165) is 35.3 Å². The van der Waals surface area contributed by atoms with Gasteiger partial charge in [-0.25, -0.2) is 8.78 Å². The Morgan fingerprint density at radius 3 is 2.09 bits per heavy atom. The molecule has 0 spiro atoms. The minimum Gasteiger partial charge on any atom is -0.494 e. The van der Waals surface area contributed by atoms with E-state index in [9.17, 15) is 61.8 Å². The predicted octanol–water partition coefficient (Wildman–Crippen LogP) is 2.76. The molecule has 3 aliphatic heterocycles. The molecule has 0 bridgehead atoms. The maximum absolute atomic E-state index is 14.5. The summed E-state index contributed by atoms with van der Waals surface area (Å²) in [5.74, 6) is -4.80. The van der Waals surface area contributed by atoms with Crippen LogP contribution in [0.1, 0.15) is 105 Å². The van der Waals surface area contributed by atoms with E-state index < -0.39 is 91.5 Å². The van der Waals surface area contributed by atoms with Gasteiger partial charge in [0.05, 0.1) is 69.3 Å². The predicted molar refractivity (Wildman–Crippen MR) is 349 cm³/mol. The molecule has 3 atom stereocenters. The SMILES string of the molecule is C#C[C@H]1CC(F)(F)CN1C(=O)CNC(=O)c1ccnc2ccc(OCCCCC3CCN(C(=O)[C@H](CC(=O)OC)NC(=O)[C@H](CCCCN=C(C)NC(=O)CCCc4ccc(C)cc4)NC(=O)CN4CCN(COC=O)CCN(COC=O)CCN(CC(=O)O)CC4)CC3)cc12. The van der Waals surface area contributed by atoms with Crippen molar-refractivity contribution in [3.05, 3.63) is 71.4 Å². The van der Waals surface area contributed by atoms with Gasteiger partial charge in [0.15, 0.2) is 0 Å². The smallest absolute Gasteiger partial charge is 0.317 e. The number of amides is 6. The summed E-state index contributed by atoms with van der Waals surface area (Å²) in [6.45, 7) is 5.96. The van der Waals surface area contributed by atoms with Crippen molar-refractivity contribution in [2.24, 2.45) is 10.9 Å². The highest BCUT2D eigenvalue weighted by Crippen LogP contribution is 2.32. The van der Waals surface area contributed by atoms with Gasteiger partial charge in [0, 0.05) is 96.4 Å². The molecular weight excluding hydrogens is 1250 g/mol. The zero-order valence-corrected chi connectivity index (χ0v) is 55.2. The van der Waals surface area contributed by atoms with E-state index in [1.165, 1.54) is 19.4 Å². The number of aliphatic imine (C=N–C) groups is 1. The van der Waals surface area contributed by atoms with Crippen LogP contribution in [0, 0.1) is 25.2 Å². The fourth-order valence-electron chi connectivity index (χ4n) is 11.7. The average Bonchev–Trinajstić information content (AvgIpc) is 0.991. The van der Waals surface area contributed by atoms with Crippen LogP contribution in [0.4, 0.5) is 8.78 Å². The molecule has 29 heteroatoms. The van der Waals surface area contributed by atoms with Gasteiger partial charge in [-0.05, 0) is 107 Å². The van der Waals surface area contributed by atoms with Crippen LogP contribution >= 0.6 is 0 Å². The Balaban J connectivity index is 1.05. The first-order chi connectivity index (χ1) is 46.1. The molecule has 96 heavy (non-hydrogen) atoms. The van der Waals surface area contributed by atoms with Gasteiger partial charge in [-0.2, -0.15) is 0 Å². The lowest BCUT2D eigenvalue weighted by Gasteiger charge is -2.35. The quantitative estimate of drug-likeness (QED) is 0.0109. The van der Waals surface area contributed by atoms with Crippen molar-refractivity contribution in [3.8, 4) is 18.1 Å². The third-order valence-electron chi connectivity index (χ3n) is 17.1. The summed E-state index contributed by atoms with van der Waals surface area (Å²) < 4.78 is 49.2. The van der Waals surface area contributed by atoms with E-state index >= 15 is 0 Å². The molecule has 4 heterocycles. The fraction of sp³-hybridized carbons (Fsp3) is 0.582. The van der Waals surface area contributed by atoms with E-state index in [0.29, 0.717) is 126 Å². The Hall–Kier alpha value is -8.72. The zero-order valence-electron chi connectivity index (χ0n) is 55.2. The van der Waals surface area contributed by atoms with E-state index in [-0.39, 0.29) is 83.1 Å². The van der Waals surface area contributed by atoms with Crippen LogP contribution in [0.5, 0.6) is 5.75 Å². The molecule has 5 N–H and O–H groups in total. The number of likely N-dealkylation sites (tertiary alicyclic amines) is 2. The summed E-state index contributed by atoms with van der Waals surface area (Å²) in [6, 6.07) is 11.1. The van der Waals surface area contributed by atoms with Crippen LogP contribution in [0.3, 0.4) is 0 Å². The Morgan fingerprint density at radius 2 is 1.46 bits per heavy atom. The van der Waals surface area contributed by atoms with Crippen molar-refractivity contribution >= 4 is 77.1 Å². The third-order valence-corrected chi connectivity index (χ3v) is 17.1. The number of methoxy groups -OCH3 is 1. The van der Waals surface area contributed by atoms with Gasteiger partial charge in [-0.15, -0.1) is 6.42 Å². The Morgan fingerprint density at radius 1 is 0.802 bits per heavy atom. The molecule has 0 radical (unpaired) electrons. The minimum absolute atomic E-state index is 0.0419. The summed E-state index contributed by atoms with van der Waals surface area (Å²) in [5.41, 5.74) is 3.00. The molecule has 524 valence electrons. The number of aromatic nitrogens is 1. The topological polar surface area (TPSA) is 321 Å². The van der Waals surface area contributed by atoms with Crippen LogP contribution in [0.25, 0.3) is 10.9 Å². The van der Waals surface area contributed by atoms with Crippen LogP contribution in [-0.2, 0) is 63.8 Å². The van der Waals surface area contributed by atoms with Crippen LogP contribution in [0.15, 0.2) is 59.7 Å². The number of piperidine rings is 1. The van der Waals surface area contributed by atoms with Gasteiger partial charge in [-0.3, -0.25) is 77.5 Å². The summed E-state index contributed by atoms with van der Waals surface area (Å²) in [5, 5.41) is 21.2. The molecule has 3 aliphatic rings. The maximum Gasteiger partial charge on any atom is 0.317 e. The van der Waals surface area contributed by atoms with E-state index in [1.807, 2.05) is 41.0 Å². The number of terminal acetylenes is 1. The summed E-state index contributed by atoms with van der Waals surface area (Å²) in [6.07, 6.45) is 11.9. The molecule has 3 aromatic rings.